The van der Waals surface area contributed by atoms with Gasteiger partial charge < -0.3 is 4.42 Å². The second-order valence-electron chi connectivity index (χ2n) is 1.33. The van der Waals surface area contributed by atoms with E-state index in [1.807, 2.05) is 6.07 Å². The van der Waals surface area contributed by atoms with Crippen LogP contribution in [0.25, 0.3) is 0 Å². The molecule has 1 heterocycles. The molecule has 0 fully saturated rings. The van der Waals surface area contributed by atoms with Crippen molar-refractivity contribution in [3.05, 3.63) is 22.6 Å². The van der Waals surface area contributed by atoms with Crippen LogP contribution in [-0.2, 0) is 5.88 Å². The Morgan fingerprint density at radius 2 is 2.50 bits per heavy atom. The van der Waals surface area contributed by atoms with E-state index in [4.69, 9.17) is 16.0 Å². The molecule has 0 spiro atoms. The second-order valence-corrected chi connectivity index (χ2v) is 2.45. The van der Waals surface area contributed by atoms with Crippen molar-refractivity contribution in [3.8, 4) is 0 Å². The predicted molar refractivity (Wildman–Crippen MR) is 36.0 cm³/mol. The molecule has 0 bridgehead atoms. The van der Waals surface area contributed by atoms with Crippen LogP contribution >= 0.6 is 27.5 Å². The van der Waals surface area contributed by atoms with E-state index in [9.17, 15) is 0 Å². The van der Waals surface area contributed by atoms with Crippen LogP contribution in [-0.4, -0.2) is 0 Å². The molecule has 0 atom stereocenters. The highest BCUT2D eigenvalue weighted by molar-refractivity contribution is 9.10. The lowest BCUT2D eigenvalue weighted by molar-refractivity contribution is 0.527. The topological polar surface area (TPSA) is 13.1 Å². The predicted octanol–water partition coefficient (Wildman–Crippen LogP) is 2.78. The van der Waals surface area contributed by atoms with Gasteiger partial charge in [0.05, 0.1) is 16.6 Å². The molecule has 0 aliphatic heterocycles. The first kappa shape index (κ1) is 6.17. The number of alkyl halides is 1. The van der Waals surface area contributed by atoms with Gasteiger partial charge in [0.1, 0.15) is 5.76 Å². The number of hydrogen-bond acceptors (Lipinski definition) is 1. The summed E-state index contributed by atoms with van der Waals surface area (Å²) in [5.41, 5.74) is 0. The second kappa shape index (κ2) is 2.55. The Morgan fingerprint density at radius 1 is 1.75 bits per heavy atom. The maximum Gasteiger partial charge on any atom is 0.132 e. The molecule has 0 aliphatic carbocycles. The van der Waals surface area contributed by atoms with E-state index in [-0.39, 0.29) is 0 Å². The summed E-state index contributed by atoms with van der Waals surface area (Å²) in [5.74, 6) is 1.21. The van der Waals surface area contributed by atoms with Gasteiger partial charge in [-0.05, 0) is 22.0 Å². The van der Waals surface area contributed by atoms with Crippen molar-refractivity contribution in [3.63, 3.8) is 0 Å². The molecule has 1 aromatic rings. The molecule has 1 aromatic heterocycles. The first-order valence-corrected chi connectivity index (χ1v) is 3.45. The summed E-state index contributed by atoms with van der Waals surface area (Å²) >= 11 is 8.70. The Balaban J connectivity index is 2.92. The van der Waals surface area contributed by atoms with Crippen LogP contribution in [0, 0.1) is 0 Å². The van der Waals surface area contributed by atoms with Crippen LogP contribution in [0.3, 0.4) is 0 Å². The fraction of sp³-hybridized carbons (Fsp3) is 0.200. The first-order chi connectivity index (χ1) is 3.84. The molecule has 0 amide bonds. The van der Waals surface area contributed by atoms with Crippen LogP contribution in [0.5, 0.6) is 0 Å². The Morgan fingerprint density at radius 3 is 2.75 bits per heavy atom. The molecule has 44 valence electrons. The summed E-state index contributed by atoms with van der Waals surface area (Å²) in [4.78, 5) is 0. The van der Waals surface area contributed by atoms with E-state index < -0.39 is 0 Å². The molecule has 8 heavy (non-hydrogen) atoms. The van der Waals surface area contributed by atoms with Gasteiger partial charge >= 0.3 is 0 Å². The van der Waals surface area contributed by atoms with E-state index in [0.29, 0.717) is 5.88 Å². The van der Waals surface area contributed by atoms with Gasteiger partial charge in [-0.1, -0.05) is 0 Å². The minimum absolute atomic E-state index is 0.424. The van der Waals surface area contributed by atoms with Gasteiger partial charge in [-0.3, -0.25) is 0 Å². The molecule has 0 aromatic carbocycles. The van der Waals surface area contributed by atoms with E-state index in [2.05, 4.69) is 15.9 Å². The van der Waals surface area contributed by atoms with E-state index >= 15 is 0 Å². The van der Waals surface area contributed by atoms with Crippen molar-refractivity contribution in [2.45, 2.75) is 5.88 Å². The molecule has 0 radical (unpaired) electrons. The van der Waals surface area contributed by atoms with Gasteiger partial charge in [0.2, 0.25) is 0 Å². The fourth-order valence-electron chi connectivity index (χ4n) is 0.420. The summed E-state index contributed by atoms with van der Waals surface area (Å²) < 4.78 is 5.87. The molecular weight excluding hydrogens is 191 g/mol. The van der Waals surface area contributed by atoms with E-state index in [1.54, 1.807) is 6.26 Å². The smallest absolute Gasteiger partial charge is 0.132 e. The zero-order valence-electron chi connectivity index (χ0n) is 4.03. The summed E-state index contributed by atoms with van der Waals surface area (Å²) in [7, 11) is 0. The lowest BCUT2D eigenvalue weighted by Gasteiger charge is -1.83. The minimum atomic E-state index is 0.424. The Kier molecular flexibility index (Phi) is 1.97. The number of rotatable bonds is 1. The van der Waals surface area contributed by atoms with Crippen molar-refractivity contribution in [1.29, 1.82) is 0 Å². The SMILES string of the molecule is ClCc1occc1Br. The minimum Gasteiger partial charge on any atom is -0.467 e. The Bertz CT molecular complexity index is 173. The first-order valence-electron chi connectivity index (χ1n) is 2.12. The van der Waals surface area contributed by atoms with Crippen LogP contribution in [0.4, 0.5) is 0 Å². The molecule has 1 nitrogen and oxygen atoms in total. The van der Waals surface area contributed by atoms with Crippen molar-refractivity contribution in [2.24, 2.45) is 0 Å². The van der Waals surface area contributed by atoms with Crippen molar-refractivity contribution in [2.75, 3.05) is 0 Å². The van der Waals surface area contributed by atoms with Crippen molar-refractivity contribution < 1.29 is 4.42 Å². The van der Waals surface area contributed by atoms with Crippen molar-refractivity contribution >= 4 is 27.5 Å². The van der Waals surface area contributed by atoms with Gasteiger partial charge in [-0.25, -0.2) is 0 Å². The van der Waals surface area contributed by atoms with Gasteiger partial charge in [0, 0.05) is 0 Å². The normalized spacial score (nSPS) is 9.75. The molecule has 0 saturated heterocycles. The van der Waals surface area contributed by atoms with Crippen LogP contribution in [0.1, 0.15) is 5.76 Å². The average Bonchev–Trinajstić information content (AvgIpc) is 2.14. The van der Waals surface area contributed by atoms with Crippen LogP contribution in [0.2, 0.25) is 0 Å². The third-order valence-electron chi connectivity index (χ3n) is 0.812. The van der Waals surface area contributed by atoms with Gasteiger partial charge in [0.15, 0.2) is 0 Å². The molecule has 0 aliphatic rings. The third-order valence-corrected chi connectivity index (χ3v) is 1.76. The number of hydrogen-bond donors (Lipinski definition) is 0. The highest BCUT2D eigenvalue weighted by Crippen LogP contribution is 2.18. The Hall–Kier alpha value is 0.0500. The van der Waals surface area contributed by atoms with Gasteiger partial charge in [0.25, 0.3) is 0 Å². The summed E-state index contributed by atoms with van der Waals surface area (Å²) in [6.07, 6.45) is 1.60. The lowest BCUT2D eigenvalue weighted by atomic mass is 10.5. The maximum atomic E-state index is 5.45. The number of furan rings is 1. The van der Waals surface area contributed by atoms with Crippen LogP contribution in [0.15, 0.2) is 21.2 Å². The summed E-state index contributed by atoms with van der Waals surface area (Å²) in [6.45, 7) is 0. The van der Waals surface area contributed by atoms with Crippen LogP contribution < -0.4 is 0 Å². The standard InChI is InChI=1S/C5H4BrClO/c6-4-1-2-8-5(4)3-7/h1-2H,3H2. The largest absolute Gasteiger partial charge is 0.467 e. The molecule has 3 heteroatoms. The average molecular weight is 195 g/mol. The molecular formula is C5H4BrClO. The highest BCUT2D eigenvalue weighted by Gasteiger charge is 1.98. The molecule has 1 rings (SSSR count). The lowest BCUT2D eigenvalue weighted by Crippen LogP contribution is -1.67. The van der Waals surface area contributed by atoms with E-state index in [0.717, 1.165) is 10.2 Å². The molecule has 0 saturated carbocycles. The maximum absolute atomic E-state index is 5.45. The molecule has 0 unspecified atom stereocenters. The quantitative estimate of drug-likeness (QED) is 0.628. The monoisotopic (exact) mass is 194 g/mol. The van der Waals surface area contributed by atoms with Gasteiger partial charge in [-0.2, -0.15) is 0 Å². The zero-order valence-corrected chi connectivity index (χ0v) is 6.37. The third kappa shape index (κ3) is 1.06. The number of halogens is 2. The molecule has 0 N–H and O–H groups in total. The van der Waals surface area contributed by atoms with Gasteiger partial charge in [-0.15, -0.1) is 11.6 Å². The van der Waals surface area contributed by atoms with Crippen molar-refractivity contribution in [1.82, 2.24) is 0 Å². The summed E-state index contributed by atoms with van der Waals surface area (Å²) in [5, 5.41) is 0. The Labute approximate surface area is 60.8 Å². The highest BCUT2D eigenvalue weighted by atomic mass is 79.9. The summed E-state index contributed by atoms with van der Waals surface area (Å²) in [6, 6.07) is 1.82. The fourth-order valence-corrected chi connectivity index (χ4v) is 1.13. The van der Waals surface area contributed by atoms with E-state index in [1.165, 1.54) is 0 Å². The zero-order chi connectivity index (χ0) is 5.98.